The van der Waals surface area contributed by atoms with Crippen LogP contribution in [0, 0.1) is 13.8 Å². The number of hydrogen-bond donors (Lipinski definition) is 1. The second kappa shape index (κ2) is 14.7. The average molecular weight is 596 g/mol. The highest BCUT2D eigenvalue weighted by molar-refractivity contribution is 7.92. The van der Waals surface area contributed by atoms with Crippen LogP contribution in [0.2, 0.25) is 0 Å². The Labute approximate surface area is 249 Å². The van der Waals surface area contributed by atoms with Gasteiger partial charge in [-0.05, 0) is 62.6 Å². The highest BCUT2D eigenvalue weighted by Crippen LogP contribution is 2.36. The number of hydrogen-bond acceptors (Lipinski definition) is 6. The van der Waals surface area contributed by atoms with E-state index in [4.69, 9.17) is 9.47 Å². The molecule has 0 fully saturated rings. The van der Waals surface area contributed by atoms with Crippen molar-refractivity contribution in [1.82, 2.24) is 10.2 Å². The van der Waals surface area contributed by atoms with Gasteiger partial charge in [-0.1, -0.05) is 55.3 Å². The molecule has 0 aliphatic rings. The van der Waals surface area contributed by atoms with Crippen LogP contribution in [-0.4, -0.2) is 58.5 Å². The first-order valence-corrected chi connectivity index (χ1v) is 15.4. The van der Waals surface area contributed by atoms with Crippen LogP contribution in [-0.2, 0) is 26.2 Å². The lowest BCUT2D eigenvalue weighted by atomic mass is 10.1. The van der Waals surface area contributed by atoms with Crippen LogP contribution in [0.25, 0.3) is 0 Å². The van der Waals surface area contributed by atoms with E-state index in [2.05, 4.69) is 5.32 Å². The molecular formula is C32H41N3O6S. The summed E-state index contributed by atoms with van der Waals surface area (Å²) in [6.45, 7) is 7.51. The van der Waals surface area contributed by atoms with Gasteiger partial charge in [-0.2, -0.15) is 0 Å². The Balaban J connectivity index is 2.10. The highest BCUT2D eigenvalue weighted by atomic mass is 32.2. The molecule has 1 unspecified atom stereocenters. The number of anilines is 1. The molecule has 3 rings (SSSR count). The van der Waals surface area contributed by atoms with Crippen LogP contribution in [0.15, 0.2) is 71.6 Å². The monoisotopic (exact) mass is 595 g/mol. The fourth-order valence-corrected chi connectivity index (χ4v) is 5.85. The highest BCUT2D eigenvalue weighted by Gasteiger charge is 2.34. The van der Waals surface area contributed by atoms with Crippen molar-refractivity contribution in [3.05, 3.63) is 83.4 Å². The van der Waals surface area contributed by atoms with E-state index in [1.165, 1.54) is 37.3 Å². The number of carbonyl (C=O) groups is 2. The van der Waals surface area contributed by atoms with Crippen molar-refractivity contribution < 1.29 is 27.5 Å². The van der Waals surface area contributed by atoms with E-state index in [0.717, 1.165) is 33.8 Å². The molecule has 3 aromatic rings. The van der Waals surface area contributed by atoms with Crippen LogP contribution in [0.5, 0.6) is 11.5 Å². The maximum Gasteiger partial charge on any atom is 0.264 e. The van der Waals surface area contributed by atoms with Gasteiger partial charge in [0.15, 0.2) is 0 Å². The number of sulfonamides is 1. The van der Waals surface area contributed by atoms with Gasteiger partial charge in [0, 0.05) is 19.2 Å². The molecule has 0 saturated heterocycles. The summed E-state index contributed by atoms with van der Waals surface area (Å²) >= 11 is 0. The van der Waals surface area contributed by atoms with Gasteiger partial charge in [0.05, 0.1) is 24.8 Å². The van der Waals surface area contributed by atoms with Gasteiger partial charge in [-0.15, -0.1) is 0 Å². The zero-order chi connectivity index (χ0) is 30.9. The first kappa shape index (κ1) is 32.5. The van der Waals surface area contributed by atoms with Crippen LogP contribution < -0.4 is 19.1 Å². The third-order valence-electron chi connectivity index (χ3n) is 7.14. The molecule has 1 atom stereocenters. The third-order valence-corrected chi connectivity index (χ3v) is 8.92. The van der Waals surface area contributed by atoms with Gasteiger partial charge in [0.1, 0.15) is 24.1 Å². The zero-order valence-corrected chi connectivity index (χ0v) is 26.0. The lowest BCUT2D eigenvalue weighted by molar-refractivity contribution is -0.139. The smallest absolute Gasteiger partial charge is 0.264 e. The van der Waals surface area contributed by atoms with E-state index in [1.807, 2.05) is 45.0 Å². The number of benzene rings is 3. The van der Waals surface area contributed by atoms with Crippen molar-refractivity contribution in [2.75, 3.05) is 31.6 Å². The number of methoxy groups -OCH3 is 2. The number of unbranched alkanes of at least 4 members (excludes halogenated alkanes) is 1. The second-order valence-corrected chi connectivity index (χ2v) is 12.0. The molecular weight excluding hydrogens is 554 g/mol. The summed E-state index contributed by atoms with van der Waals surface area (Å²) in [7, 11) is -1.35. The Hall–Kier alpha value is -4.05. The maximum atomic E-state index is 14.2. The molecule has 10 heteroatoms. The molecule has 0 saturated carbocycles. The Morgan fingerprint density at radius 1 is 0.952 bits per heavy atom. The summed E-state index contributed by atoms with van der Waals surface area (Å²) in [6, 6.07) is 17.9. The molecule has 0 heterocycles. The molecule has 0 bridgehead atoms. The molecule has 0 aromatic heterocycles. The Morgan fingerprint density at radius 3 is 2.26 bits per heavy atom. The fraction of sp³-hybridized carbons (Fsp3) is 0.375. The van der Waals surface area contributed by atoms with Crippen molar-refractivity contribution in [2.45, 2.75) is 58.0 Å². The average Bonchev–Trinajstić information content (AvgIpc) is 2.98. The van der Waals surface area contributed by atoms with E-state index < -0.39 is 28.5 Å². The van der Waals surface area contributed by atoms with E-state index in [9.17, 15) is 18.0 Å². The minimum Gasteiger partial charge on any atom is -0.497 e. The van der Waals surface area contributed by atoms with Crippen LogP contribution in [0.4, 0.5) is 5.69 Å². The third kappa shape index (κ3) is 7.82. The van der Waals surface area contributed by atoms with Gasteiger partial charge in [0.2, 0.25) is 11.8 Å². The quantitative estimate of drug-likeness (QED) is 0.267. The number of nitrogens with zero attached hydrogens (tertiary/aromatic N) is 2. The van der Waals surface area contributed by atoms with Gasteiger partial charge in [-0.25, -0.2) is 8.42 Å². The number of ether oxygens (including phenoxy) is 2. The molecule has 9 nitrogen and oxygen atoms in total. The predicted octanol–water partition coefficient (Wildman–Crippen LogP) is 4.85. The summed E-state index contributed by atoms with van der Waals surface area (Å²) in [6.07, 6.45) is 1.72. The lowest BCUT2D eigenvalue weighted by Gasteiger charge is -2.32. The molecule has 42 heavy (non-hydrogen) atoms. The van der Waals surface area contributed by atoms with E-state index in [0.29, 0.717) is 12.3 Å². The van der Waals surface area contributed by atoms with E-state index in [-0.39, 0.29) is 28.8 Å². The normalized spacial score (nSPS) is 11.9. The molecule has 0 spiro atoms. The molecule has 3 aromatic carbocycles. The minimum atomic E-state index is -4.25. The second-order valence-electron chi connectivity index (χ2n) is 10.1. The predicted molar refractivity (Wildman–Crippen MR) is 164 cm³/mol. The van der Waals surface area contributed by atoms with E-state index >= 15 is 0 Å². The van der Waals surface area contributed by atoms with Crippen molar-refractivity contribution >= 4 is 27.5 Å². The van der Waals surface area contributed by atoms with Crippen LogP contribution in [0.3, 0.4) is 0 Å². The lowest BCUT2D eigenvalue weighted by Crippen LogP contribution is -2.51. The Bertz CT molecular complexity index is 1470. The van der Waals surface area contributed by atoms with Gasteiger partial charge in [0.25, 0.3) is 10.0 Å². The van der Waals surface area contributed by atoms with Crippen LogP contribution >= 0.6 is 0 Å². The molecule has 2 amide bonds. The molecule has 226 valence electrons. The van der Waals surface area contributed by atoms with Gasteiger partial charge < -0.3 is 19.7 Å². The molecule has 0 aliphatic carbocycles. The number of rotatable bonds is 14. The summed E-state index contributed by atoms with van der Waals surface area (Å²) in [5.41, 5.74) is 2.84. The Morgan fingerprint density at radius 2 is 1.64 bits per heavy atom. The Kier molecular flexibility index (Phi) is 11.4. The van der Waals surface area contributed by atoms with E-state index in [1.54, 1.807) is 31.2 Å². The topological polar surface area (TPSA) is 105 Å². The number of aryl methyl sites for hydroxylation is 2. The minimum absolute atomic E-state index is 0.0154. The summed E-state index contributed by atoms with van der Waals surface area (Å²) < 4.78 is 40.2. The summed E-state index contributed by atoms with van der Waals surface area (Å²) in [4.78, 5) is 28.8. The van der Waals surface area contributed by atoms with Crippen LogP contribution in [0.1, 0.15) is 43.4 Å². The first-order valence-electron chi connectivity index (χ1n) is 14.0. The van der Waals surface area contributed by atoms with Crippen molar-refractivity contribution in [3.8, 4) is 11.5 Å². The first-order chi connectivity index (χ1) is 20.0. The fourth-order valence-electron chi connectivity index (χ4n) is 4.43. The standard InChI is InChI=1S/C32H41N3O6S/c1-7-8-19-33-32(37)25(4)34(21-26-12-10-9-11-24(26)3)31(36)22-35(29-20-27(40-5)15-18-30(29)41-6)42(38,39)28-16-13-23(2)14-17-28/h9-18,20,25H,7-8,19,21-22H2,1-6H3,(H,33,37). The number of carbonyl (C=O) groups excluding carboxylic acids is 2. The van der Waals surface area contributed by atoms with Crippen molar-refractivity contribution in [2.24, 2.45) is 0 Å². The van der Waals surface area contributed by atoms with Crippen molar-refractivity contribution in [1.29, 1.82) is 0 Å². The summed E-state index contributed by atoms with van der Waals surface area (Å²) in [5, 5.41) is 2.90. The van der Waals surface area contributed by atoms with Gasteiger partial charge in [-0.3, -0.25) is 13.9 Å². The zero-order valence-electron chi connectivity index (χ0n) is 25.2. The largest absolute Gasteiger partial charge is 0.497 e. The van der Waals surface area contributed by atoms with Crippen molar-refractivity contribution in [3.63, 3.8) is 0 Å². The molecule has 1 N–H and O–H groups in total. The van der Waals surface area contributed by atoms with Gasteiger partial charge >= 0.3 is 0 Å². The maximum absolute atomic E-state index is 14.2. The molecule has 0 aliphatic heterocycles. The molecule has 0 radical (unpaired) electrons. The summed E-state index contributed by atoms with van der Waals surface area (Å²) in [5.74, 6) is -0.216. The number of nitrogens with one attached hydrogen (secondary N) is 1. The SMILES string of the molecule is CCCCNC(=O)C(C)N(Cc1ccccc1C)C(=O)CN(c1cc(OC)ccc1OC)S(=O)(=O)c1ccc(C)cc1. The number of amides is 2.